The van der Waals surface area contributed by atoms with E-state index in [0.717, 1.165) is 56.3 Å². The first-order valence-electron chi connectivity index (χ1n) is 10.3. The molecule has 4 rings (SSSR count). The van der Waals surface area contributed by atoms with E-state index in [1.165, 1.54) is 12.8 Å². The number of pyridine rings is 1. The number of rotatable bonds is 3. The van der Waals surface area contributed by atoms with Gasteiger partial charge in [0.15, 0.2) is 6.61 Å². The predicted octanol–water partition coefficient (Wildman–Crippen LogP) is 2.45. The van der Waals surface area contributed by atoms with Crippen molar-refractivity contribution in [2.45, 2.75) is 64.3 Å². The third-order valence-electron chi connectivity index (χ3n) is 6.69. The van der Waals surface area contributed by atoms with E-state index >= 15 is 0 Å². The number of carbonyl (C=O) groups excluding carboxylic acids is 2. The predicted molar refractivity (Wildman–Crippen MR) is 101 cm³/mol. The van der Waals surface area contributed by atoms with E-state index in [0.29, 0.717) is 11.8 Å². The number of nitrogens with one attached hydrogen (secondary N) is 1. The topological polar surface area (TPSA) is 79.5 Å². The summed E-state index contributed by atoms with van der Waals surface area (Å²) in [5, 5.41) is 0. The van der Waals surface area contributed by atoms with E-state index in [-0.39, 0.29) is 24.1 Å². The van der Waals surface area contributed by atoms with Crippen molar-refractivity contribution in [3.05, 3.63) is 33.2 Å². The fourth-order valence-corrected chi connectivity index (χ4v) is 5.18. The first-order chi connectivity index (χ1) is 13.0. The summed E-state index contributed by atoms with van der Waals surface area (Å²) in [6, 6.07) is 1.91. The van der Waals surface area contributed by atoms with Crippen molar-refractivity contribution in [2.24, 2.45) is 11.8 Å². The Kier molecular flexibility index (Phi) is 5.06. The van der Waals surface area contributed by atoms with Crippen LogP contribution in [-0.4, -0.2) is 41.0 Å². The molecule has 2 aliphatic carbocycles. The van der Waals surface area contributed by atoms with Gasteiger partial charge < -0.3 is 14.6 Å². The minimum Gasteiger partial charge on any atom is -0.452 e. The Balaban J connectivity index is 1.40. The Morgan fingerprint density at radius 3 is 2.85 bits per heavy atom. The van der Waals surface area contributed by atoms with Gasteiger partial charge in [-0.1, -0.05) is 19.8 Å². The standard InChI is InChI=1S/C21H28N2O4/c1-13-9-10-23(18-8-3-2-6-15(13)18)19(24)12-27-21(26)16-11-14-5-4-7-17(14)22-20(16)25/h11,13,15,18H,2-10,12H2,1H3,(H,22,25)/t13-,15+,18+/m1/s1. The molecule has 1 saturated carbocycles. The summed E-state index contributed by atoms with van der Waals surface area (Å²) in [5.41, 5.74) is 1.50. The maximum atomic E-state index is 12.7. The van der Waals surface area contributed by atoms with Crippen LogP contribution in [0.2, 0.25) is 0 Å². The molecule has 2 heterocycles. The zero-order valence-electron chi connectivity index (χ0n) is 16.0. The first kappa shape index (κ1) is 18.3. The maximum absolute atomic E-state index is 12.7. The molecule has 27 heavy (non-hydrogen) atoms. The molecule has 0 spiro atoms. The molecule has 1 aromatic rings. The normalized spacial score (nSPS) is 27.0. The molecule has 146 valence electrons. The number of ether oxygens (including phenoxy) is 1. The Morgan fingerprint density at radius 2 is 2.00 bits per heavy atom. The second-order valence-electron chi connectivity index (χ2n) is 8.31. The van der Waals surface area contributed by atoms with Gasteiger partial charge in [0.05, 0.1) is 0 Å². The van der Waals surface area contributed by atoms with Crippen LogP contribution in [0.3, 0.4) is 0 Å². The molecule has 1 aliphatic heterocycles. The molecule has 0 unspecified atom stereocenters. The van der Waals surface area contributed by atoms with Crippen LogP contribution in [0, 0.1) is 11.8 Å². The second kappa shape index (κ2) is 7.49. The number of aryl methyl sites for hydroxylation is 2. The number of aromatic nitrogens is 1. The molecule has 3 atom stereocenters. The van der Waals surface area contributed by atoms with E-state index < -0.39 is 11.5 Å². The lowest BCUT2D eigenvalue weighted by Gasteiger charge is -2.47. The number of nitrogens with zero attached hydrogens (tertiary/aromatic N) is 1. The molecule has 1 saturated heterocycles. The highest BCUT2D eigenvalue weighted by molar-refractivity contribution is 5.91. The highest BCUT2D eigenvalue weighted by Crippen LogP contribution is 2.38. The molecule has 3 aliphatic rings. The van der Waals surface area contributed by atoms with Crippen LogP contribution in [0.15, 0.2) is 10.9 Å². The number of likely N-dealkylation sites (tertiary alicyclic amines) is 1. The molecular weight excluding hydrogens is 344 g/mol. The van der Waals surface area contributed by atoms with E-state index in [2.05, 4.69) is 11.9 Å². The fraction of sp³-hybridized carbons (Fsp3) is 0.667. The molecular formula is C21H28N2O4. The molecule has 0 radical (unpaired) electrons. The lowest BCUT2D eigenvalue weighted by molar-refractivity contribution is -0.142. The van der Waals surface area contributed by atoms with Gasteiger partial charge in [0.2, 0.25) is 0 Å². The number of hydrogen-bond donors (Lipinski definition) is 1. The average molecular weight is 372 g/mol. The number of hydrogen-bond acceptors (Lipinski definition) is 4. The molecule has 0 bridgehead atoms. The summed E-state index contributed by atoms with van der Waals surface area (Å²) in [6.07, 6.45) is 8.31. The van der Waals surface area contributed by atoms with Crippen LogP contribution in [0.5, 0.6) is 0 Å². The zero-order chi connectivity index (χ0) is 19.0. The van der Waals surface area contributed by atoms with Gasteiger partial charge in [-0.2, -0.15) is 0 Å². The lowest BCUT2D eigenvalue weighted by Crippen LogP contribution is -2.53. The number of piperidine rings is 1. The van der Waals surface area contributed by atoms with Gasteiger partial charge in [-0.15, -0.1) is 0 Å². The Morgan fingerprint density at radius 1 is 1.19 bits per heavy atom. The Labute approximate surface area is 159 Å². The average Bonchev–Trinajstić information content (AvgIpc) is 3.13. The largest absolute Gasteiger partial charge is 0.452 e. The minimum atomic E-state index is -0.704. The van der Waals surface area contributed by atoms with Crippen molar-refractivity contribution in [1.29, 1.82) is 0 Å². The second-order valence-corrected chi connectivity index (χ2v) is 8.31. The van der Waals surface area contributed by atoms with E-state index in [1.54, 1.807) is 6.07 Å². The van der Waals surface area contributed by atoms with Crippen molar-refractivity contribution >= 4 is 11.9 Å². The van der Waals surface area contributed by atoms with Gasteiger partial charge in [-0.25, -0.2) is 4.79 Å². The smallest absolute Gasteiger partial charge is 0.344 e. The molecule has 2 fully saturated rings. The summed E-state index contributed by atoms with van der Waals surface area (Å²) in [7, 11) is 0. The van der Waals surface area contributed by atoms with Gasteiger partial charge in [0.25, 0.3) is 11.5 Å². The molecule has 1 amide bonds. The third-order valence-corrected chi connectivity index (χ3v) is 6.69. The summed E-state index contributed by atoms with van der Waals surface area (Å²) < 4.78 is 5.24. The minimum absolute atomic E-state index is 0.00580. The highest BCUT2D eigenvalue weighted by Gasteiger charge is 2.39. The zero-order valence-corrected chi connectivity index (χ0v) is 16.0. The van der Waals surface area contributed by atoms with Crippen LogP contribution in [0.4, 0.5) is 0 Å². The van der Waals surface area contributed by atoms with Gasteiger partial charge in [-0.3, -0.25) is 9.59 Å². The van der Waals surface area contributed by atoms with Gasteiger partial charge >= 0.3 is 5.97 Å². The number of esters is 1. The van der Waals surface area contributed by atoms with Crippen molar-refractivity contribution in [2.75, 3.05) is 13.2 Å². The van der Waals surface area contributed by atoms with E-state index in [9.17, 15) is 14.4 Å². The van der Waals surface area contributed by atoms with E-state index in [4.69, 9.17) is 4.74 Å². The summed E-state index contributed by atoms with van der Waals surface area (Å²) >= 11 is 0. The van der Waals surface area contributed by atoms with E-state index in [1.807, 2.05) is 4.90 Å². The first-order valence-corrected chi connectivity index (χ1v) is 10.3. The Hall–Kier alpha value is -2.11. The third kappa shape index (κ3) is 3.54. The summed E-state index contributed by atoms with van der Waals surface area (Å²) in [4.78, 5) is 41.9. The van der Waals surface area contributed by atoms with Crippen molar-refractivity contribution in [3.8, 4) is 0 Å². The molecule has 6 heteroatoms. The highest BCUT2D eigenvalue weighted by atomic mass is 16.5. The quantitative estimate of drug-likeness (QED) is 0.827. The SMILES string of the molecule is C[C@@H]1CCN(C(=O)COC(=O)c2cc3c([nH]c2=O)CCC3)[C@H]2CCCC[C@@H]12. The fourth-order valence-electron chi connectivity index (χ4n) is 5.18. The number of carbonyl (C=O) groups is 2. The molecule has 1 aromatic heterocycles. The lowest BCUT2D eigenvalue weighted by atomic mass is 9.72. The number of fused-ring (bicyclic) bond motifs is 2. The van der Waals surface area contributed by atoms with Crippen molar-refractivity contribution < 1.29 is 14.3 Å². The van der Waals surface area contributed by atoms with Crippen LogP contribution in [-0.2, 0) is 22.4 Å². The van der Waals surface area contributed by atoms with Gasteiger partial charge in [0, 0.05) is 18.3 Å². The molecule has 1 N–H and O–H groups in total. The van der Waals surface area contributed by atoms with Crippen LogP contribution < -0.4 is 5.56 Å². The summed E-state index contributed by atoms with van der Waals surface area (Å²) in [6.45, 7) is 2.73. The van der Waals surface area contributed by atoms with Gasteiger partial charge in [0.1, 0.15) is 5.56 Å². The number of H-pyrrole nitrogens is 1. The van der Waals surface area contributed by atoms with Crippen LogP contribution in [0.1, 0.15) is 67.1 Å². The van der Waals surface area contributed by atoms with Crippen molar-refractivity contribution in [3.63, 3.8) is 0 Å². The Bertz CT molecular complexity index is 800. The number of aromatic amines is 1. The van der Waals surface area contributed by atoms with Crippen molar-refractivity contribution in [1.82, 2.24) is 9.88 Å². The number of amides is 1. The van der Waals surface area contributed by atoms with Gasteiger partial charge in [-0.05, 0) is 62.0 Å². The molecule has 0 aromatic carbocycles. The molecule has 6 nitrogen and oxygen atoms in total. The maximum Gasteiger partial charge on any atom is 0.344 e. The monoisotopic (exact) mass is 372 g/mol. The van der Waals surface area contributed by atoms with Crippen LogP contribution >= 0.6 is 0 Å². The summed E-state index contributed by atoms with van der Waals surface area (Å²) in [5.74, 6) is 0.369. The van der Waals surface area contributed by atoms with Crippen LogP contribution in [0.25, 0.3) is 0 Å².